The van der Waals surface area contributed by atoms with Crippen LogP contribution in [0.15, 0.2) is 4.99 Å². The van der Waals surface area contributed by atoms with Gasteiger partial charge in [-0.15, -0.1) is 0 Å². The molecule has 0 aromatic rings. The van der Waals surface area contributed by atoms with E-state index < -0.39 is 0 Å². The first-order valence-electron chi connectivity index (χ1n) is 6.33. The summed E-state index contributed by atoms with van der Waals surface area (Å²) in [4.78, 5) is 15.4. The number of carbonyl (C=O) groups excluding carboxylic acids is 1. The summed E-state index contributed by atoms with van der Waals surface area (Å²) in [5, 5.41) is 0. The predicted molar refractivity (Wildman–Crippen MR) is 64.8 cm³/mol. The van der Waals surface area contributed by atoms with E-state index in [-0.39, 0.29) is 12.1 Å². The molecule has 0 amide bonds. The number of ether oxygens (including phenoxy) is 2. The third-order valence-electron chi connectivity index (χ3n) is 4.18. The maximum absolute atomic E-state index is 10.9. The molecule has 1 saturated carbocycles. The van der Waals surface area contributed by atoms with E-state index in [2.05, 4.69) is 18.8 Å². The van der Waals surface area contributed by atoms with Crippen molar-refractivity contribution in [1.29, 1.82) is 0 Å². The summed E-state index contributed by atoms with van der Waals surface area (Å²) >= 11 is 0. The van der Waals surface area contributed by atoms with E-state index in [0.717, 1.165) is 12.3 Å². The monoisotopic (exact) mass is 239 g/mol. The molecule has 1 aliphatic heterocycles. The first kappa shape index (κ1) is 12.4. The van der Waals surface area contributed by atoms with Crippen molar-refractivity contribution in [2.45, 2.75) is 46.3 Å². The average Bonchev–Trinajstić information content (AvgIpc) is 2.62. The fourth-order valence-corrected chi connectivity index (χ4v) is 2.95. The normalized spacial score (nSPS) is 40.2. The maximum Gasteiger partial charge on any atom is 0.302 e. The van der Waals surface area contributed by atoms with Crippen molar-refractivity contribution < 1.29 is 14.3 Å². The zero-order valence-electron chi connectivity index (χ0n) is 11.0. The van der Waals surface area contributed by atoms with Gasteiger partial charge in [-0.25, -0.2) is 4.99 Å². The van der Waals surface area contributed by atoms with Gasteiger partial charge in [-0.05, 0) is 24.2 Å². The Hall–Kier alpha value is -1.06. The van der Waals surface area contributed by atoms with E-state index in [4.69, 9.17) is 9.47 Å². The molecule has 0 aromatic heterocycles. The Morgan fingerprint density at radius 1 is 1.47 bits per heavy atom. The topological polar surface area (TPSA) is 47.9 Å². The average molecular weight is 239 g/mol. The Kier molecular flexibility index (Phi) is 3.40. The Labute approximate surface area is 102 Å². The van der Waals surface area contributed by atoms with Crippen LogP contribution in [0.25, 0.3) is 0 Å². The highest BCUT2D eigenvalue weighted by Gasteiger charge is 2.44. The summed E-state index contributed by atoms with van der Waals surface area (Å²) in [6, 6.07) is 0.290. The first-order chi connectivity index (χ1) is 7.99. The molecule has 17 heavy (non-hydrogen) atoms. The lowest BCUT2D eigenvalue weighted by molar-refractivity contribution is -0.144. The lowest BCUT2D eigenvalue weighted by Gasteiger charge is -2.39. The Balaban J connectivity index is 2.01. The summed E-state index contributed by atoms with van der Waals surface area (Å²) in [5.41, 5.74) is 0. The van der Waals surface area contributed by atoms with Crippen LogP contribution >= 0.6 is 0 Å². The van der Waals surface area contributed by atoms with Crippen LogP contribution in [0.1, 0.15) is 34.1 Å². The van der Waals surface area contributed by atoms with E-state index in [1.165, 1.54) is 6.92 Å². The van der Waals surface area contributed by atoms with Gasteiger partial charge in [0.2, 0.25) is 0 Å². The first-order valence-corrected chi connectivity index (χ1v) is 6.33. The number of fused-ring (bicyclic) bond motifs is 1. The second-order valence-electron chi connectivity index (χ2n) is 5.31. The second-order valence-corrected chi connectivity index (χ2v) is 5.31. The largest absolute Gasteiger partial charge is 0.476 e. The van der Waals surface area contributed by atoms with Crippen molar-refractivity contribution in [3.63, 3.8) is 0 Å². The van der Waals surface area contributed by atoms with Crippen LogP contribution in [0.3, 0.4) is 0 Å². The van der Waals surface area contributed by atoms with E-state index in [1.54, 1.807) is 0 Å². The van der Waals surface area contributed by atoms with Gasteiger partial charge in [-0.3, -0.25) is 4.79 Å². The molecule has 96 valence electrons. The van der Waals surface area contributed by atoms with Crippen LogP contribution in [-0.2, 0) is 14.3 Å². The summed E-state index contributed by atoms with van der Waals surface area (Å²) in [5.74, 6) is 1.97. The Morgan fingerprint density at radius 2 is 2.18 bits per heavy atom. The SMILES string of the molecule is CC(=O)OCC1C[C@H]2OC(C)=N[C@H]2C(C)[C@H]1C. The van der Waals surface area contributed by atoms with Crippen LogP contribution in [0.5, 0.6) is 0 Å². The summed E-state index contributed by atoms with van der Waals surface area (Å²) < 4.78 is 10.9. The molecule has 1 aliphatic carbocycles. The molecule has 0 radical (unpaired) electrons. The van der Waals surface area contributed by atoms with E-state index >= 15 is 0 Å². The predicted octanol–water partition coefficient (Wildman–Crippen LogP) is 2.03. The van der Waals surface area contributed by atoms with Crippen LogP contribution in [0.2, 0.25) is 0 Å². The van der Waals surface area contributed by atoms with Gasteiger partial charge < -0.3 is 9.47 Å². The highest BCUT2D eigenvalue weighted by Crippen LogP contribution is 2.40. The lowest BCUT2D eigenvalue weighted by Crippen LogP contribution is -2.44. The second kappa shape index (κ2) is 4.67. The van der Waals surface area contributed by atoms with Crippen LogP contribution in [-0.4, -0.2) is 30.6 Å². The Morgan fingerprint density at radius 3 is 2.82 bits per heavy atom. The molecule has 1 fully saturated rings. The number of hydrogen-bond acceptors (Lipinski definition) is 4. The number of rotatable bonds is 2. The zero-order valence-corrected chi connectivity index (χ0v) is 11.0. The summed E-state index contributed by atoms with van der Waals surface area (Å²) in [7, 11) is 0. The molecular formula is C13H21NO3. The molecule has 0 bridgehead atoms. The van der Waals surface area contributed by atoms with Crippen molar-refractivity contribution in [1.82, 2.24) is 0 Å². The fourth-order valence-electron chi connectivity index (χ4n) is 2.95. The molecule has 2 rings (SSSR count). The lowest BCUT2D eigenvalue weighted by atomic mass is 9.70. The zero-order chi connectivity index (χ0) is 12.6. The van der Waals surface area contributed by atoms with Crippen LogP contribution < -0.4 is 0 Å². The molecule has 4 heteroatoms. The minimum Gasteiger partial charge on any atom is -0.476 e. The number of esters is 1. The van der Waals surface area contributed by atoms with Crippen molar-refractivity contribution in [2.75, 3.05) is 6.61 Å². The molecule has 0 saturated heterocycles. The van der Waals surface area contributed by atoms with Gasteiger partial charge in [0, 0.05) is 13.8 Å². The molecule has 0 aromatic carbocycles. The highest BCUT2D eigenvalue weighted by molar-refractivity contribution is 5.75. The van der Waals surface area contributed by atoms with Crippen LogP contribution in [0, 0.1) is 17.8 Å². The molecule has 2 unspecified atom stereocenters. The van der Waals surface area contributed by atoms with Crippen LogP contribution in [0.4, 0.5) is 0 Å². The van der Waals surface area contributed by atoms with E-state index in [1.807, 2.05) is 6.92 Å². The van der Waals surface area contributed by atoms with Gasteiger partial charge in [0.05, 0.1) is 12.6 Å². The van der Waals surface area contributed by atoms with Gasteiger partial charge in [0.15, 0.2) is 5.90 Å². The minimum atomic E-state index is -0.202. The Bertz CT molecular complexity index is 340. The molecule has 2 aliphatic rings. The van der Waals surface area contributed by atoms with E-state index in [9.17, 15) is 4.79 Å². The number of aliphatic imine (C=N–C) groups is 1. The van der Waals surface area contributed by atoms with Crippen molar-refractivity contribution >= 4 is 11.9 Å². The number of hydrogen-bond donors (Lipinski definition) is 0. The van der Waals surface area contributed by atoms with Crippen molar-refractivity contribution in [2.24, 2.45) is 22.7 Å². The smallest absolute Gasteiger partial charge is 0.302 e. The molecule has 1 heterocycles. The molecule has 0 N–H and O–H groups in total. The van der Waals surface area contributed by atoms with Gasteiger partial charge in [-0.1, -0.05) is 13.8 Å². The fraction of sp³-hybridized carbons (Fsp3) is 0.846. The molecule has 4 nitrogen and oxygen atoms in total. The highest BCUT2D eigenvalue weighted by atomic mass is 16.5. The maximum atomic E-state index is 10.9. The van der Waals surface area contributed by atoms with E-state index in [0.29, 0.717) is 30.4 Å². The van der Waals surface area contributed by atoms with Crippen molar-refractivity contribution in [3.8, 4) is 0 Å². The third-order valence-corrected chi connectivity index (χ3v) is 4.18. The van der Waals surface area contributed by atoms with Crippen molar-refractivity contribution in [3.05, 3.63) is 0 Å². The van der Waals surface area contributed by atoms with Gasteiger partial charge in [0.25, 0.3) is 0 Å². The summed E-state index contributed by atoms with van der Waals surface area (Å²) in [6.45, 7) is 8.31. The number of nitrogens with zero attached hydrogens (tertiary/aromatic N) is 1. The minimum absolute atomic E-state index is 0.182. The third kappa shape index (κ3) is 2.45. The van der Waals surface area contributed by atoms with Gasteiger partial charge >= 0.3 is 5.97 Å². The molecule has 5 atom stereocenters. The summed E-state index contributed by atoms with van der Waals surface area (Å²) in [6.07, 6.45) is 1.12. The van der Waals surface area contributed by atoms with Gasteiger partial charge in [-0.2, -0.15) is 0 Å². The quantitative estimate of drug-likeness (QED) is 0.693. The molecule has 0 spiro atoms. The standard InChI is InChI=1S/C13H21NO3/c1-7-8(2)13-12(17-9(3)14-13)5-11(7)6-16-10(4)15/h7-8,11-13H,5-6H2,1-4H3/t7-,8?,11?,12-,13+/m1/s1. The molecular weight excluding hydrogens is 218 g/mol. The number of carbonyl (C=O) groups is 1. The van der Waals surface area contributed by atoms with Gasteiger partial charge in [0.1, 0.15) is 6.10 Å².